The molecule has 2 saturated carbocycles. The number of unbranched alkanes of at least 4 members (excludes halogenated alkanes) is 1. The van der Waals surface area contributed by atoms with Crippen LogP contribution in [-0.2, 0) is 16.0 Å². The zero-order chi connectivity index (χ0) is 21.3. The van der Waals surface area contributed by atoms with Crippen LogP contribution in [0.15, 0.2) is 36.2 Å². The van der Waals surface area contributed by atoms with Crippen molar-refractivity contribution in [2.75, 3.05) is 0 Å². The van der Waals surface area contributed by atoms with Gasteiger partial charge in [-0.15, -0.1) is 0 Å². The molecule has 0 radical (unpaired) electrons. The maximum Gasteiger partial charge on any atom is 0.309 e. The number of nitrogens with zero attached hydrogens (tertiary/aromatic N) is 1. The van der Waals surface area contributed by atoms with Gasteiger partial charge in [0.25, 0.3) is 0 Å². The molecule has 0 atom stereocenters. The quantitative estimate of drug-likeness (QED) is 0.367. The predicted octanol–water partition coefficient (Wildman–Crippen LogP) is 6.78. The second-order valence-electron chi connectivity index (χ2n) is 8.99. The molecule has 0 bridgehead atoms. The van der Waals surface area contributed by atoms with Gasteiger partial charge in [0, 0.05) is 0 Å². The van der Waals surface area contributed by atoms with Crippen molar-refractivity contribution in [2.45, 2.75) is 89.6 Å². The van der Waals surface area contributed by atoms with Crippen LogP contribution in [0.5, 0.6) is 0 Å². The minimum Gasteiger partial charge on any atom is -0.462 e. The molecule has 2 aliphatic carbocycles. The second-order valence-corrected chi connectivity index (χ2v) is 8.99. The van der Waals surface area contributed by atoms with E-state index < -0.39 is 5.83 Å². The van der Waals surface area contributed by atoms with Crippen LogP contribution in [0.25, 0.3) is 0 Å². The zero-order valence-corrected chi connectivity index (χ0v) is 18.1. The van der Waals surface area contributed by atoms with Gasteiger partial charge < -0.3 is 4.74 Å². The van der Waals surface area contributed by atoms with Crippen molar-refractivity contribution in [1.82, 2.24) is 0 Å². The third-order valence-corrected chi connectivity index (χ3v) is 6.82. The molecular weight excluding hydrogens is 377 g/mol. The first-order valence-corrected chi connectivity index (χ1v) is 11.7. The summed E-state index contributed by atoms with van der Waals surface area (Å²) < 4.78 is 18.9. The number of carbonyl (C=O) groups excluding carboxylic acids is 1. The number of aryl methyl sites for hydroxylation is 1. The number of carbonyl (C=O) groups is 1. The van der Waals surface area contributed by atoms with Gasteiger partial charge in [0.15, 0.2) is 5.83 Å². The average molecular weight is 412 g/mol. The van der Waals surface area contributed by atoms with Crippen molar-refractivity contribution >= 4 is 5.97 Å². The summed E-state index contributed by atoms with van der Waals surface area (Å²) in [7, 11) is 0. The lowest BCUT2D eigenvalue weighted by Gasteiger charge is -2.31. The SMILES string of the molecule is CCCCc1ccc(C2CCC(OC(=O)C3CCC(/C=C(/F)C#N)CC3)CC2)cc1. The smallest absolute Gasteiger partial charge is 0.309 e. The number of ether oxygens (including phenoxy) is 1. The molecule has 0 heterocycles. The number of hydrogen-bond acceptors (Lipinski definition) is 3. The molecule has 1 aromatic rings. The van der Waals surface area contributed by atoms with Gasteiger partial charge in [-0.2, -0.15) is 9.65 Å². The van der Waals surface area contributed by atoms with Gasteiger partial charge in [-0.25, -0.2) is 0 Å². The fraction of sp³-hybridized carbons (Fsp3) is 0.615. The van der Waals surface area contributed by atoms with E-state index in [0.29, 0.717) is 5.92 Å². The molecule has 0 aromatic heterocycles. The van der Waals surface area contributed by atoms with Crippen molar-refractivity contribution in [1.29, 1.82) is 5.26 Å². The first kappa shape index (κ1) is 22.5. The Hall–Kier alpha value is -2.15. The highest BCUT2D eigenvalue weighted by atomic mass is 19.1. The lowest BCUT2D eigenvalue weighted by molar-refractivity contribution is -0.157. The van der Waals surface area contributed by atoms with Gasteiger partial charge in [0.05, 0.1) is 5.92 Å². The van der Waals surface area contributed by atoms with E-state index in [-0.39, 0.29) is 23.9 Å². The molecule has 0 spiro atoms. The molecule has 0 aliphatic heterocycles. The fourth-order valence-electron chi connectivity index (χ4n) is 4.88. The summed E-state index contributed by atoms with van der Waals surface area (Å²) in [6.07, 6.45) is 12.0. The number of allylic oxidation sites excluding steroid dienone is 2. The van der Waals surface area contributed by atoms with E-state index in [4.69, 9.17) is 10.00 Å². The molecule has 3 rings (SSSR count). The molecule has 0 N–H and O–H groups in total. The predicted molar refractivity (Wildman–Crippen MR) is 116 cm³/mol. The van der Waals surface area contributed by atoms with Gasteiger partial charge in [0.2, 0.25) is 0 Å². The van der Waals surface area contributed by atoms with Crippen molar-refractivity contribution in [2.24, 2.45) is 11.8 Å². The van der Waals surface area contributed by atoms with E-state index in [1.807, 2.05) is 0 Å². The van der Waals surface area contributed by atoms with Crippen molar-refractivity contribution in [3.8, 4) is 6.07 Å². The first-order valence-electron chi connectivity index (χ1n) is 11.7. The molecule has 1 aromatic carbocycles. The molecule has 4 heteroatoms. The highest BCUT2D eigenvalue weighted by Gasteiger charge is 2.30. The van der Waals surface area contributed by atoms with E-state index in [2.05, 4.69) is 31.2 Å². The van der Waals surface area contributed by atoms with Gasteiger partial charge in [-0.1, -0.05) is 37.6 Å². The van der Waals surface area contributed by atoms with Gasteiger partial charge >= 0.3 is 5.97 Å². The van der Waals surface area contributed by atoms with E-state index in [9.17, 15) is 9.18 Å². The third-order valence-electron chi connectivity index (χ3n) is 6.82. The number of nitriles is 1. The molecule has 2 fully saturated rings. The van der Waals surface area contributed by atoms with Crippen LogP contribution in [-0.4, -0.2) is 12.1 Å². The maximum absolute atomic E-state index is 13.1. The minimum atomic E-state index is -0.714. The number of esters is 1. The molecule has 162 valence electrons. The number of hydrogen-bond donors (Lipinski definition) is 0. The Morgan fingerprint density at radius 3 is 2.37 bits per heavy atom. The minimum absolute atomic E-state index is 0.0335. The van der Waals surface area contributed by atoms with Crippen LogP contribution in [0.2, 0.25) is 0 Å². The summed E-state index contributed by atoms with van der Waals surface area (Å²) in [5, 5.41) is 8.56. The van der Waals surface area contributed by atoms with Crippen molar-refractivity contribution < 1.29 is 13.9 Å². The van der Waals surface area contributed by atoms with E-state index >= 15 is 0 Å². The van der Waals surface area contributed by atoms with Crippen LogP contribution >= 0.6 is 0 Å². The Kier molecular flexibility index (Phi) is 8.49. The molecule has 2 aliphatic rings. The molecular formula is C26H34FNO2. The molecule has 0 saturated heterocycles. The molecule has 0 unspecified atom stereocenters. The number of benzene rings is 1. The molecule has 3 nitrogen and oxygen atoms in total. The lowest BCUT2D eigenvalue weighted by atomic mass is 9.81. The average Bonchev–Trinajstić information content (AvgIpc) is 2.79. The normalized spacial score (nSPS) is 27.3. The Labute approximate surface area is 180 Å². The van der Waals surface area contributed by atoms with E-state index in [1.54, 1.807) is 0 Å². The van der Waals surface area contributed by atoms with Crippen LogP contribution in [0.3, 0.4) is 0 Å². The van der Waals surface area contributed by atoms with Gasteiger partial charge in [0.1, 0.15) is 12.2 Å². The number of rotatable bonds is 7. The summed E-state index contributed by atoms with van der Waals surface area (Å²) in [4.78, 5) is 12.6. The molecule has 30 heavy (non-hydrogen) atoms. The standard InChI is InChI=1S/C26H34FNO2/c1-2-3-4-19-5-9-21(10-6-19)22-13-15-25(16-14-22)30-26(29)23-11-7-20(8-12-23)17-24(27)18-28/h5-6,9-10,17,20,22-23,25H,2-4,7-8,11-16H2,1H3/b24-17+. The van der Waals surface area contributed by atoms with E-state index in [0.717, 1.165) is 57.8 Å². The Morgan fingerprint density at radius 2 is 1.77 bits per heavy atom. The number of halogens is 1. The van der Waals surface area contributed by atoms with Crippen LogP contribution in [0, 0.1) is 23.2 Å². The first-order chi connectivity index (χ1) is 14.6. The van der Waals surface area contributed by atoms with Crippen molar-refractivity contribution in [3.05, 3.63) is 47.3 Å². The summed E-state index contributed by atoms with van der Waals surface area (Å²) in [5.74, 6) is -0.238. The zero-order valence-electron chi connectivity index (χ0n) is 18.1. The summed E-state index contributed by atoms with van der Waals surface area (Å²) >= 11 is 0. The third kappa shape index (κ3) is 6.42. The summed E-state index contributed by atoms with van der Waals surface area (Å²) in [6.45, 7) is 2.22. The van der Waals surface area contributed by atoms with Crippen LogP contribution < -0.4 is 0 Å². The maximum atomic E-state index is 13.1. The Bertz CT molecular complexity index is 748. The second kappa shape index (κ2) is 11.3. The lowest BCUT2D eigenvalue weighted by Crippen LogP contribution is -2.29. The highest BCUT2D eigenvalue weighted by molar-refractivity contribution is 5.72. The Morgan fingerprint density at radius 1 is 1.10 bits per heavy atom. The monoisotopic (exact) mass is 411 g/mol. The summed E-state index contributed by atoms with van der Waals surface area (Å²) in [5.41, 5.74) is 2.83. The van der Waals surface area contributed by atoms with Crippen LogP contribution in [0.4, 0.5) is 4.39 Å². The topological polar surface area (TPSA) is 50.1 Å². The van der Waals surface area contributed by atoms with Crippen molar-refractivity contribution in [3.63, 3.8) is 0 Å². The van der Waals surface area contributed by atoms with Crippen LogP contribution in [0.1, 0.15) is 88.2 Å². The highest BCUT2D eigenvalue weighted by Crippen LogP contribution is 2.36. The summed E-state index contributed by atoms with van der Waals surface area (Å²) in [6, 6.07) is 10.6. The van der Waals surface area contributed by atoms with Gasteiger partial charge in [-0.05, 0) is 93.2 Å². The fourth-order valence-corrected chi connectivity index (χ4v) is 4.88. The molecule has 0 amide bonds. The Balaban J connectivity index is 1.40. The van der Waals surface area contributed by atoms with Gasteiger partial charge in [-0.3, -0.25) is 4.79 Å². The largest absolute Gasteiger partial charge is 0.462 e. The van der Waals surface area contributed by atoms with E-state index in [1.165, 1.54) is 36.1 Å².